The van der Waals surface area contributed by atoms with Gasteiger partial charge in [-0.05, 0) is 66.8 Å². The van der Waals surface area contributed by atoms with Crippen molar-refractivity contribution in [3.8, 4) is 17.2 Å². The molecule has 0 fully saturated rings. The first-order chi connectivity index (χ1) is 16.4. The highest BCUT2D eigenvalue weighted by Gasteiger charge is 2.19. The summed E-state index contributed by atoms with van der Waals surface area (Å²) >= 11 is 5.22. The fourth-order valence-electron chi connectivity index (χ4n) is 3.13. The monoisotopic (exact) mass is 478 g/mol. The molecule has 0 aliphatic carbocycles. The van der Waals surface area contributed by atoms with Crippen molar-refractivity contribution in [1.29, 1.82) is 0 Å². The molecule has 0 spiro atoms. The van der Waals surface area contributed by atoms with Crippen molar-refractivity contribution in [3.05, 3.63) is 76.3 Å². The van der Waals surface area contributed by atoms with Crippen LogP contribution in [0.5, 0.6) is 11.5 Å². The number of nitrogens with one attached hydrogen (secondary N) is 2. The normalized spacial score (nSPS) is 10.5. The number of rotatable bonds is 6. The third-order valence-corrected chi connectivity index (χ3v) is 5.01. The lowest BCUT2D eigenvalue weighted by molar-refractivity contribution is -0.385. The number of anilines is 1. The van der Waals surface area contributed by atoms with E-state index in [0.717, 1.165) is 17.5 Å². The van der Waals surface area contributed by atoms with Gasteiger partial charge in [0.2, 0.25) is 0 Å². The molecule has 0 radical (unpaired) electrons. The molecule has 172 valence electrons. The molecular formula is C22H18N6O5S. The zero-order valence-electron chi connectivity index (χ0n) is 18.0. The van der Waals surface area contributed by atoms with E-state index >= 15 is 0 Å². The van der Waals surface area contributed by atoms with Crippen LogP contribution < -0.4 is 20.1 Å². The van der Waals surface area contributed by atoms with Gasteiger partial charge >= 0.3 is 5.69 Å². The minimum atomic E-state index is -0.624. The number of nitro benzene ring substituents is 1. The van der Waals surface area contributed by atoms with E-state index in [4.69, 9.17) is 21.7 Å². The van der Waals surface area contributed by atoms with Crippen LogP contribution in [0.4, 0.5) is 11.4 Å². The Morgan fingerprint density at radius 1 is 1.00 bits per heavy atom. The number of amides is 1. The summed E-state index contributed by atoms with van der Waals surface area (Å²) in [7, 11) is 2.91. The second-order valence-corrected chi connectivity index (χ2v) is 7.35. The Morgan fingerprint density at radius 2 is 1.74 bits per heavy atom. The maximum Gasteiger partial charge on any atom is 0.311 e. The van der Waals surface area contributed by atoms with Gasteiger partial charge in [-0.2, -0.15) is 4.80 Å². The van der Waals surface area contributed by atoms with Gasteiger partial charge in [0.25, 0.3) is 5.91 Å². The molecule has 3 aromatic carbocycles. The molecular weight excluding hydrogens is 460 g/mol. The van der Waals surface area contributed by atoms with Crippen LogP contribution in [0, 0.1) is 10.1 Å². The largest absolute Gasteiger partial charge is 0.497 e. The quantitative estimate of drug-likeness (QED) is 0.243. The van der Waals surface area contributed by atoms with E-state index in [1.807, 2.05) is 24.3 Å². The van der Waals surface area contributed by atoms with E-state index in [2.05, 4.69) is 20.8 Å². The molecule has 0 unspecified atom stereocenters. The van der Waals surface area contributed by atoms with E-state index in [-0.39, 0.29) is 22.1 Å². The van der Waals surface area contributed by atoms with Gasteiger partial charge in [0, 0.05) is 17.3 Å². The summed E-state index contributed by atoms with van der Waals surface area (Å²) in [4.78, 5) is 24.6. The predicted octanol–water partition coefficient (Wildman–Crippen LogP) is 3.47. The van der Waals surface area contributed by atoms with Crippen LogP contribution in [-0.2, 0) is 0 Å². The number of thiocarbonyl (C=S) groups is 1. The molecule has 0 aliphatic rings. The number of carbonyl (C=O) groups is 1. The summed E-state index contributed by atoms with van der Waals surface area (Å²) in [6.07, 6.45) is 0. The highest BCUT2D eigenvalue weighted by molar-refractivity contribution is 7.80. The van der Waals surface area contributed by atoms with Crippen LogP contribution in [-0.4, -0.2) is 45.2 Å². The number of aromatic nitrogens is 3. The third-order valence-electron chi connectivity index (χ3n) is 4.81. The molecule has 1 aromatic heterocycles. The predicted molar refractivity (Wildman–Crippen MR) is 129 cm³/mol. The molecule has 11 nitrogen and oxygen atoms in total. The van der Waals surface area contributed by atoms with Crippen molar-refractivity contribution in [2.45, 2.75) is 0 Å². The van der Waals surface area contributed by atoms with Crippen molar-refractivity contribution < 1.29 is 19.2 Å². The average Bonchev–Trinajstić information content (AvgIpc) is 3.27. The van der Waals surface area contributed by atoms with Gasteiger partial charge in [0.05, 0.1) is 24.8 Å². The van der Waals surface area contributed by atoms with Gasteiger partial charge in [-0.1, -0.05) is 0 Å². The minimum Gasteiger partial charge on any atom is -0.497 e. The minimum absolute atomic E-state index is 0.0189. The van der Waals surface area contributed by atoms with Gasteiger partial charge in [0.15, 0.2) is 10.9 Å². The van der Waals surface area contributed by atoms with Gasteiger partial charge < -0.3 is 14.8 Å². The highest BCUT2D eigenvalue weighted by atomic mass is 32.1. The Morgan fingerprint density at radius 3 is 2.41 bits per heavy atom. The number of methoxy groups -OCH3 is 2. The van der Waals surface area contributed by atoms with E-state index in [9.17, 15) is 14.9 Å². The fraction of sp³-hybridized carbons (Fsp3) is 0.0909. The first-order valence-electron chi connectivity index (χ1n) is 9.84. The second kappa shape index (κ2) is 9.50. The number of hydrogen-bond donors (Lipinski definition) is 2. The van der Waals surface area contributed by atoms with Gasteiger partial charge in [-0.25, -0.2) is 0 Å². The van der Waals surface area contributed by atoms with Crippen LogP contribution in [0.1, 0.15) is 10.4 Å². The molecule has 1 amide bonds. The lowest BCUT2D eigenvalue weighted by Gasteiger charge is -2.10. The summed E-state index contributed by atoms with van der Waals surface area (Å²) < 4.78 is 10.1. The smallest absolute Gasteiger partial charge is 0.311 e. The third kappa shape index (κ3) is 4.76. The average molecular weight is 478 g/mol. The SMILES string of the molecule is COc1ccc(-n2nc3ccc(NC(=S)NC(=O)c4ccc(OC)c([N+](=O)[O-])c4)cc3n2)cc1. The highest BCUT2D eigenvalue weighted by Crippen LogP contribution is 2.27. The molecule has 4 rings (SSSR count). The van der Waals surface area contributed by atoms with Crippen molar-refractivity contribution in [1.82, 2.24) is 20.3 Å². The molecule has 0 aliphatic heterocycles. The Labute approximate surface area is 198 Å². The summed E-state index contributed by atoms with van der Waals surface area (Å²) in [5.41, 5.74) is 2.37. The van der Waals surface area contributed by atoms with Gasteiger partial charge in [0.1, 0.15) is 16.8 Å². The molecule has 0 atom stereocenters. The van der Waals surface area contributed by atoms with Gasteiger partial charge in [-0.15, -0.1) is 10.2 Å². The van der Waals surface area contributed by atoms with Crippen LogP contribution >= 0.6 is 12.2 Å². The zero-order valence-corrected chi connectivity index (χ0v) is 18.8. The van der Waals surface area contributed by atoms with Crippen molar-refractivity contribution in [2.24, 2.45) is 0 Å². The number of hydrogen-bond acceptors (Lipinski definition) is 8. The van der Waals surface area contributed by atoms with Crippen LogP contribution in [0.2, 0.25) is 0 Å². The maximum atomic E-state index is 12.5. The van der Waals surface area contributed by atoms with Crippen molar-refractivity contribution in [3.63, 3.8) is 0 Å². The van der Waals surface area contributed by atoms with Crippen LogP contribution in [0.25, 0.3) is 16.7 Å². The number of carbonyl (C=O) groups excluding carboxylic acids is 1. The number of benzene rings is 3. The molecule has 4 aromatic rings. The molecule has 2 N–H and O–H groups in total. The van der Waals surface area contributed by atoms with Gasteiger partial charge in [-0.3, -0.25) is 20.2 Å². The summed E-state index contributed by atoms with van der Waals surface area (Å²) in [5.74, 6) is 0.180. The number of fused-ring (bicyclic) bond motifs is 1. The number of nitro groups is 1. The molecule has 0 saturated carbocycles. The first kappa shape index (κ1) is 22.6. The molecule has 0 saturated heterocycles. The Bertz CT molecular complexity index is 1400. The van der Waals surface area contributed by atoms with E-state index < -0.39 is 10.8 Å². The topological polar surface area (TPSA) is 133 Å². The van der Waals surface area contributed by atoms with Crippen LogP contribution in [0.3, 0.4) is 0 Å². The number of ether oxygens (including phenoxy) is 2. The van der Waals surface area contributed by atoms with Crippen LogP contribution in [0.15, 0.2) is 60.7 Å². The van der Waals surface area contributed by atoms with Crippen molar-refractivity contribution >= 4 is 45.6 Å². The lowest BCUT2D eigenvalue weighted by atomic mass is 10.1. The molecule has 12 heteroatoms. The fourth-order valence-corrected chi connectivity index (χ4v) is 3.35. The van der Waals surface area contributed by atoms with Crippen molar-refractivity contribution in [2.75, 3.05) is 19.5 Å². The Balaban J connectivity index is 1.47. The summed E-state index contributed by atoms with van der Waals surface area (Å²) in [5, 5.41) is 25.5. The Hall–Kier alpha value is -4.58. The lowest BCUT2D eigenvalue weighted by Crippen LogP contribution is -2.34. The molecule has 0 bridgehead atoms. The second-order valence-electron chi connectivity index (χ2n) is 6.94. The first-order valence-corrected chi connectivity index (χ1v) is 10.2. The maximum absolute atomic E-state index is 12.5. The Kier molecular flexibility index (Phi) is 6.32. The number of nitrogens with zero attached hydrogens (tertiary/aromatic N) is 4. The van der Waals surface area contributed by atoms with E-state index in [1.165, 1.54) is 24.0 Å². The standard InChI is InChI=1S/C22H18N6O5S/c1-32-16-7-5-15(6-8-16)27-25-17-9-4-14(12-18(17)26-27)23-22(34)24-21(29)13-3-10-20(33-2)19(11-13)28(30)31/h3-12H,1-2H3,(H2,23,24,29,34). The van der Waals surface area contributed by atoms with E-state index in [1.54, 1.807) is 25.3 Å². The summed E-state index contributed by atoms with van der Waals surface area (Å²) in [6, 6.07) is 16.4. The molecule has 34 heavy (non-hydrogen) atoms. The summed E-state index contributed by atoms with van der Waals surface area (Å²) in [6.45, 7) is 0. The molecule has 1 heterocycles. The van der Waals surface area contributed by atoms with E-state index in [0.29, 0.717) is 16.7 Å². The zero-order chi connectivity index (χ0) is 24.2.